The molecule has 0 radical (unpaired) electrons. The summed E-state index contributed by atoms with van der Waals surface area (Å²) in [5.41, 5.74) is 3.88. The Morgan fingerprint density at radius 1 is 0.852 bits per heavy atom. The number of hydrogen-bond donors (Lipinski definition) is 0. The molecule has 4 rings (SSSR count). The minimum atomic E-state index is 0.0511. The average molecular weight is 352 g/mol. The Labute approximate surface area is 159 Å². The molecule has 1 aliphatic rings. The van der Waals surface area contributed by atoms with Crippen LogP contribution < -0.4 is 4.90 Å². The first-order chi connectivity index (χ1) is 13.3. The van der Waals surface area contributed by atoms with E-state index in [0.717, 1.165) is 12.1 Å². The molecular formula is C24H20N2O. The number of carbonyl (C=O) groups is 1. The Bertz CT molecular complexity index is 919. The second-order valence-corrected chi connectivity index (χ2v) is 6.83. The van der Waals surface area contributed by atoms with Crippen LogP contribution in [0.4, 0.5) is 5.69 Å². The van der Waals surface area contributed by atoms with E-state index in [2.05, 4.69) is 30.3 Å². The van der Waals surface area contributed by atoms with E-state index in [4.69, 9.17) is 5.26 Å². The predicted molar refractivity (Wildman–Crippen MR) is 106 cm³/mol. The van der Waals surface area contributed by atoms with Gasteiger partial charge in [-0.15, -0.1) is 0 Å². The Hall–Kier alpha value is -3.38. The summed E-state index contributed by atoms with van der Waals surface area (Å²) in [5.74, 6) is 0.246. The van der Waals surface area contributed by atoms with Crippen molar-refractivity contribution < 1.29 is 4.79 Å². The molecule has 0 spiro atoms. The molecule has 1 aliphatic heterocycles. The molecule has 0 aliphatic carbocycles. The van der Waals surface area contributed by atoms with E-state index < -0.39 is 0 Å². The number of benzene rings is 3. The third-order valence-electron chi connectivity index (χ3n) is 5.23. The number of rotatable bonds is 4. The van der Waals surface area contributed by atoms with Gasteiger partial charge in [-0.1, -0.05) is 60.7 Å². The van der Waals surface area contributed by atoms with E-state index in [1.807, 2.05) is 53.4 Å². The quantitative estimate of drug-likeness (QED) is 0.671. The van der Waals surface area contributed by atoms with Crippen molar-refractivity contribution in [2.24, 2.45) is 0 Å². The highest BCUT2D eigenvalue weighted by Gasteiger charge is 2.38. The van der Waals surface area contributed by atoms with Crippen molar-refractivity contribution in [1.29, 1.82) is 5.26 Å². The fourth-order valence-electron chi connectivity index (χ4n) is 4.01. The molecule has 1 heterocycles. The van der Waals surface area contributed by atoms with Crippen molar-refractivity contribution >= 4 is 11.6 Å². The monoisotopic (exact) mass is 352 g/mol. The van der Waals surface area contributed by atoms with Gasteiger partial charge in [0.25, 0.3) is 0 Å². The molecule has 3 aromatic carbocycles. The standard InChI is InChI=1S/C24H20N2O/c25-17-18-11-13-21(14-12-18)26-22(15-16-23(26)27)24(19-7-3-1-4-8-19)20-9-5-2-6-10-20/h1-14,22,24H,15-16H2. The SMILES string of the molecule is N#Cc1ccc(N2C(=O)CCC2C(c2ccccc2)c2ccccc2)cc1. The molecule has 1 fully saturated rings. The van der Waals surface area contributed by atoms with E-state index in [9.17, 15) is 4.79 Å². The smallest absolute Gasteiger partial charge is 0.227 e. The number of hydrogen-bond acceptors (Lipinski definition) is 2. The highest BCUT2D eigenvalue weighted by Crippen LogP contribution is 2.39. The molecular weight excluding hydrogens is 332 g/mol. The molecule has 0 bridgehead atoms. The van der Waals surface area contributed by atoms with Crippen LogP contribution in [0.5, 0.6) is 0 Å². The summed E-state index contributed by atoms with van der Waals surface area (Å²) >= 11 is 0. The summed E-state index contributed by atoms with van der Waals surface area (Å²) in [6, 6.07) is 30.3. The van der Waals surface area contributed by atoms with Crippen molar-refractivity contribution in [1.82, 2.24) is 0 Å². The zero-order valence-corrected chi connectivity index (χ0v) is 15.0. The summed E-state index contributed by atoms with van der Waals surface area (Å²) < 4.78 is 0. The van der Waals surface area contributed by atoms with Crippen LogP contribution in [0.2, 0.25) is 0 Å². The lowest BCUT2D eigenvalue weighted by atomic mass is 9.83. The molecule has 132 valence electrons. The molecule has 3 heteroatoms. The molecule has 0 N–H and O–H groups in total. The minimum Gasteiger partial charge on any atom is -0.308 e. The summed E-state index contributed by atoms with van der Waals surface area (Å²) in [6.45, 7) is 0. The lowest BCUT2D eigenvalue weighted by Gasteiger charge is -2.32. The largest absolute Gasteiger partial charge is 0.308 e. The maximum atomic E-state index is 12.8. The van der Waals surface area contributed by atoms with Gasteiger partial charge in [0.15, 0.2) is 0 Å². The van der Waals surface area contributed by atoms with Crippen LogP contribution in [-0.2, 0) is 4.79 Å². The molecule has 3 aromatic rings. The molecule has 3 nitrogen and oxygen atoms in total. The summed E-state index contributed by atoms with van der Waals surface area (Å²) in [4.78, 5) is 14.7. The van der Waals surface area contributed by atoms with Crippen LogP contribution in [-0.4, -0.2) is 11.9 Å². The first-order valence-corrected chi connectivity index (χ1v) is 9.20. The highest BCUT2D eigenvalue weighted by molar-refractivity contribution is 5.96. The van der Waals surface area contributed by atoms with Gasteiger partial charge >= 0.3 is 0 Å². The van der Waals surface area contributed by atoms with Crippen LogP contribution >= 0.6 is 0 Å². The summed E-state index contributed by atoms with van der Waals surface area (Å²) in [5, 5.41) is 9.05. The Balaban J connectivity index is 1.78. The Morgan fingerprint density at radius 3 is 1.93 bits per heavy atom. The Kier molecular flexibility index (Phi) is 4.72. The van der Waals surface area contributed by atoms with E-state index >= 15 is 0 Å². The molecule has 0 aromatic heterocycles. The molecule has 27 heavy (non-hydrogen) atoms. The van der Waals surface area contributed by atoms with Gasteiger partial charge < -0.3 is 4.90 Å². The zero-order valence-electron chi connectivity index (χ0n) is 15.0. The second-order valence-electron chi connectivity index (χ2n) is 6.83. The lowest BCUT2D eigenvalue weighted by molar-refractivity contribution is -0.117. The third kappa shape index (κ3) is 3.35. The molecule has 1 saturated heterocycles. The van der Waals surface area contributed by atoms with Crippen LogP contribution in [0.3, 0.4) is 0 Å². The van der Waals surface area contributed by atoms with Gasteiger partial charge in [0.05, 0.1) is 11.6 Å². The number of anilines is 1. The van der Waals surface area contributed by atoms with Crippen LogP contribution in [0.15, 0.2) is 84.9 Å². The fourth-order valence-corrected chi connectivity index (χ4v) is 4.01. The first-order valence-electron chi connectivity index (χ1n) is 9.20. The topological polar surface area (TPSA) is 44.1 Å². The third-order valence-corrected chi connectivity index (χ3v) is 5.23. The summed E-state index contributed by atoms with van der Waals surface area (Å²) in [6.07, 6.45) is 1.36. The van der Waals surface area contributed by atoms with Crippen molar-refractivity contribution in [3.8, 4) is 6.07 Å². The number of nitriles is 1. The van der Waals surface area contributed by atoms with Crippen molar-refractivity contribution in [3.63, 3.8) is 0 Å². The minimum absolute atomic E-state index is 0.0511. The lowest BCUT2D eigenvalue weighted by Crippen LogP contribution is -2.37. The first kappa shape index (κ1) is 17.1. The van der Waals surface area contributed by atoms with Gasteiger partial charge in [-0.2, -0.15) is 5.26 Å². The van der Waals surface area contributed by atoms with Gasteiger partial charge in [-0.25, -0.2) is 0 Å². The van der Waals surface area contributed by atoms with Gasteiger partial charge in [0.2, 0.25) is 5.91 Å². The number of carbonyl (C=O) groups excluding carboxylic acids is 1. The van der Waals surface area contributed by atoms with Crippen LogP contribution in [0.1, 0.15) is 35.4 Å². The van der Waals surface area contributed by atoms with Crippen molar-refractivity contribution in [3.05, 3.63) is 102 Å². The maximum absolute atomic E-state index is 12.8. The van der Waals surface area contributed by atoms with Crippen LogP contribution in [0.25, 0.3) is 0 Å². The van der Waals surface area contributed by atoms with Crippen LogP contribution in [0, 0.1) is 11.3 Å². The zero-order chi connectivity index (χ0) is 18.6. The number of nitrogens with zero attached hydrogens (tertiary/aromatic N) is 2. The predicted octanol–water partition coefficient (Wildman–Crippen LogP) is 4.89. The normalized spacial score (nSPS) is 16.5. The average Bonchev–Trinajstić information content (AvgIpc) is 3.11. The van der Waals surface area contributed by atoms with Gasteiger partial charge in [0, 0.05) is 24.1 Å². The summed E-state index contributed by atoms with van der Waals surface area (Å²) in [7, 11) is 0. The molecule has 1 amide bonds. The molecule has 1 atom stereocenters. The van der Waals surface area contributed by atoms with Gasteiger partial charge in [-0.05, 0) is 41.8 Å². The second kappa shape index (κ2) is 7.47. The molecule has 1 unspecified atom stereocenters. The number of amides is 1. The van der Waals surface area contributed by atoms with Crippen molar-refractivity contribution in [2.75, 3.05) is 4.90 Å². The Morgan fingerprint density at radius 2 is 1.41 bits per heavy atom. The van der Waals surface area contributed by atoms with E-state index in [-0.39, 0.29) is 17.9 Å². The fraction of sp³-hybridized carbons (Fsp3) is 0.167. The highest BCUT2D eigenvalue weighted by atomic mass is 16.2. The van der Waals surface area contributed by atoms with E-state index in [1.165, 1.54) is 11.1 Å². The van der Waals surface area contributed by atoms with Gasteiger partial charge in [0.1, 0.15) is 0 Å². The maximum Gasteiger partial charge on any atom is 0.227 e. The van der Waals surface area contributed by atoms with Crippen molar-refractivity contribution in [2.45, 2.75) is 24.8 Å². The van der Waals surface area contributed by atoms with E-state index in [0.29, 0.717) is 12.0 Å². The van der Waals surface area contributed by atoms with E-state index in [1.54, 1.807) is 12.1 Å². The molecule has 0 saturated carbocycles. The van der Waals surface area contributed by atoms with Gasteiger partial charge in [-0.3, -0.25) is 4.79 Å².